The van der Waals surface area contributed by atoms with Gasteiger partial charge < -0.3 is 16.4 Å². The maximum Gasteiger partial charge on any atom is 0.185 e. The van der Waals surface area contributed by atoms with Crippen LogP contribution in [0.3, 0.4) is 0 Å². The van der Waals surface area contributed by atoms with E-state index in [1.807, 2.05) is 0 Å². The number of hydrogen-bond donors (Lipinski definition) is 2. The Kier molecular flexibility index (Phi) is 6.47. The number of likely N-dealkylation sites (N-methyl/N-ethyl adjacent to an activating group) is 1. The van der Waals surface area contributed by atoms with Gasteiger partial charge in [0.15, 0.2) is 5.96 Å². The van der Waals surface area contributed by atoms with Crippen molar-refractivity contribution in [2.24, 2.45) is 16.5 Å². The molecule has 12 heavy (non-hydrogen) atoms. The van der Waals surface area contributed by atoms with E-state index in [-0.39, 0.29) is 5.96 Å². The number of guanidine groups is 1. The minimum atomic E-state index is 0.183. The van der Waals surface area contributed by atoms with Crippen molar-refractivity contribution in [2.75, 3.05) is 26.2 Å². The van der Waals surface area contributed by atoms with Crippen LogP contribution in [0.25, 0.3) is 0 Å². The summed E-state index contributed by atoms with van der Waals surface area (Å²) in [5.74, 6) is 0.183. The minimum Gasteiger partial charge on any atom is -0.370 e. The third-order valence-electron chi connectivity index (χ3n) is 1.70. The summed E-state index contributed by atoms with van der Waals surface area (Å²) in [6.07, 6.45) is 1.18. The van der Waals surface area contributed by atoms with Gasteiger partial charge >= 0.3 is 0 Å². The molecule has 0 heterocycles. The molecule has 0 rings (SSSR count). The Morgan fingerprint density at radius 2 is 1.92 bits per heavy atom. The van der Waals surface area contributed by atoms with Gasteiger partial charge in [0.2, 0.25) is 0 Å². The molecule has 0 aromatic carbocycles. The lowest BCUT2D eigenvalue weighted by molar-refractivity contribution is 0.297. The van der Waals surface area contributed by atoms with Crippen molar-refractivity contribution in [1.82, 2.24) is 4.90 Å². The molecule has 0 aliphatic carbocycles. The molecule has 0 unspecified atom stereocenters. The van der Waals surface area contributed by atoms with Gasteiger partial charge in [-0.05, 0) is 19.5 Å². The van der Waals surface area contributed by atoms with Gasteiger partial charge in [-0.15, -0.1) is 0 Å². The summed E-state index contributed by atoms with van der Waals surface area (Å²) in [6.45, 7) is 8.15. The Labute approximate surface area is 74.6 Å². The average Bonchev–Trinajstić information content (AvgIpc) is 2.02. The Bertz CT molecular complexity index is 129. The lowest BCUT2D eigenvalue weighted by Crippen LogP contribution is -2.29. The van der Waals surface area contributed by atoms with E-state index in [1.165, 1.54) is 6.42 Å². The fraction of sp³-hybridized carbons (Fsp3) is 0.875. The zero-order valence-electron chi connectivity index (χ0n) is 8.08. The van der Waals surface area contributed by atoms with Crippen molar-refractivity contribution in [1.29, 1.82) is 0 Å². The quantitative estimate of drug-likeness (QED) is 0.437. The summed E-state index contributed by atoms with van der Waals surface area (Å²) in [4.78, 5) is 6.25. The summed E-state index contributed by atoms with van der Waals surface area (Å²) in [6, 6.07) is 0. The maximum atomic E-state index is 5.20. The lowest BCUT2D eigenvalue weighted by Gasteiger charge is -2.17. The highest BCUT2D eigenvalue weighted by atomic mass is 15.1. The molecule has 0 spiro atoms. The molecule has 0 aliphatic rings. The molecule has 72 valence electrons. The largest absolute Gasteiger partial charge is 0.370 e. The molecule has 4 heteroatoms. The van der Waals surface area contributed by atoms with Crippen LogP contribution in [0.5, 0.6) is 0 Å². The number of nitrogens with two attached hydrogens (primary N) is 2. The molecule has 0 radical (unpaired) electrons. The van der Waals surface area contributed by atoms with Crippen LogP contribution >= 0.6 is 0 Å². The van der Waals surface area contributed by atoms with E-state index in [9.17, 15) is 0 Å². The van der Waals surface area contributed by atoms with Crippen molar-refractivity contribution < 1.29 is 0 Å². The van der Waals surface area contributed by atoms with E-state index < -0.39 is 0 Å². The highest BCUT2D eigenvalue weighted by Gasteiger charge is 1.98. The molecule has 0 aromatic heterocycles. The second-order valence-electron chi connectivity index (χ2n) is 2.74. The highest BCUT2D eigenvalue weighted by molar-refractivity contribution is 5.75. The van der Waals surface area contributed by atoms with Crippen LogP contribution in [0, 0.1) is 0 Å². The number of rotatable bonds is 6. The third kappa shape index (κ3) is 5.97. The first-order chi connectivity index (χ1) is 5.70. The van der Waals surface area contributed by atoms with Crippen LogP contribution in [0.1, 0.15) is 20.3 Å². The predicted octanol–water partition coefficient (Wildman–Crippen LogP) is -0.00830. The van der Waals surface area contributed by atoms with E-state index in [1.54, 1.807) is 0 Å². The second kappa shape index (κ2) is 6.91. The van der Waals surface area contributed by atoms with Crippen LogP contribution in [0.15, 0.2) is 4.99 Å². The summed E-state index contributed by atoms with van der Waals surface area (Å²) in [5, 5.41) is 0. The summed E-state index contributed by atoms with van der Waals surface area (Å²) >= 11 is 0. The molecule has 0 fully saturated rings. The summed E-state index contributed by atoms with van der Waals surface area (Å²) in [5.41, 5.74) is 10.4. The monoisotopic (exact) mass is 172 g/mol. The van der Waals surface area contributed by atoms with Crippen molar-refractivity contribution in [2.45, 2.75) is 20.3 Å². The fourth-order valence-corrected chi connectivity index (χ4v) is 1.06. The molecule has 0 saturated carbocycles. The van der Waals surface area contributed by atoms with Gasteiger partial charge in [-0.2, -0.15) is 0 Å². The van der Waals surface area contributed by atoms with E-state index in [0.717, 1.165) is 19.6 Å². The van der Waals surface area contributed by atoms with Gasteiger partial charge in [0.25, 0.3) is 0 Å². The van der Waals surface area contributed by atoms with E-state index in [2.05, 4.69) is 23.7 Å². The van der Waals surface area contributed by atoms with Crippen LogP contribution in [-0.4, -0.2) is 37.0 Å². The highest BCUT2D eigenvalue weighted by Crippen LogP contribution is 1.89. The van der Waals surface area contributed by atoms with Crippen molar-refractivity contribution in [3.8, 4) is 0 Å². The summed E-state index contributed by atoms with van der Waals surface area (Å²) < 4.78 is 0. The number of hydrogen-bond acceptors (Lipinski definition) is 2. The normalized spacial score (nSPS) is 10.2. The molecule has 4 N–H and O–H groups in total. The first-order valence-electron chi connectivity index (χ1n) is 4.48. The molecule has 4 nitrogen and oxygen atoms in total. The number of aliphatic imine (C=N–C) groups is 1. The zero-order chi connectivity index (χ0) is 9.40. The molecular formula is C8H20N4. The first-order valence-corrected chi connectivity index (χ1v) is 4.48. The predicted molar refractivity (Wildman–Crippen MR) is 53.1 cm³/mol. The van der Waals surface area contributed by atoms with Crippen LogP contribution in [0.2, 0.25) is 0 Å². The number of nitrogens with zero attached hydrogens (tertiary/aromatic N) is 2. The van der Waals surface area contributed by atoms with Gasteiger partial charge in [0, 0.05) is 6.54 Å². The Morgan fingerprint density at radius 3 is 2.33 bits per heavy atom. The fourth-order valence-electron chi connectivity index (χ4n) is 1.06. The van der Waals surface area contributed by atoms with Gasteiger partial charge in [-0.25, -0.2) is 0 Å². The molecule has 0 saturated heterocycles. The Hall–Kier alpha value is -0.770. The molecule has 0 amide bonds. The second-order valence-corrected chi connectivity index (χ2v) is 2.74. The average molecular weight is 172 g/mol. The van der Waals surface area contributed by atoms with Gasteiger partial charge in [0.05, 0.1) is 6.54 Å². The molecule has 0 aromatic rings. The van der Waals surface area contributed by atoms with Gasteiger partial charge in [-0.1, -0.05) is 13.8 Å². The van der Waals surface area contributed by atoms with Crippen molar-refractivity contribution >= 4 is 5.96 Å². The Balaban J connectivity index is 3.51. The van der Waals surface area contributed by atoms with E-state index in [4.69, 9.17) is 11.5 Å². The van der Waals surface area contributed by atoms with Crippen molar-refractivity contribution in [3.05, 3.63) is 0 Å². The molecule has 0 bridgehead atoms. The Morgan fingerprint density at radius 1 is 1.25 bits per heavy atom. The van der Waals surface area contributed by atoms with Gasteiger partial charge in [0.1, 0.15) is 0 Å². The molecular weight excluding hydrogens is 152 g/mol. The van der Waals surface area contributed by atoms with E-state index in [0.29, 0.717) is 6.54 Å². The molecule has 0 atom stereocenters. The SMILES string of the molecule is CCCN(CC)CCN=C(N)N. The standard InChI is InChI=1S/C8H20N4/c1-3-6-12(4-2)7-5-11-8(9)10/h3-7H2,1-2H3,(H4,9,10,11). The summed E-state index contributed by atoms with van der Waals surface area (Å²) in [7, 11) is 0. The minimum absolute atomic E-state index is 0.183. The molecule has 0 aliphatic heterocycles. The maximum absolute atomic E-state index is 5.20. The van der Waals surface area contributed by atoms with Crippen LogP contribution < -0.4 is 11.5 Å². The zero-order valence-corrected chi connectivity index (χ0v) is 8.08. The lowest BCUT2D eigenvalue weighted by atomic mass is 10.4. The first kappa shape index (κ1) is 11.2. The van der Waals surface area contributed by atoms with Gasteiger partial charge in [-0.3, -0.25) is 4.99 Å². The van der Waals surface area contributed by atoms with E-state index >= 15 is 0 Å². The van der Waals surface area contributed by atoms with Crippen LogP contribution in [0.4, 0.5) is 0 Å². The topological polar surface area (TPSA) is 67.6 Å². The van der Waals surface area contributed by atoms with Crippen molar-refractivity contribution in [3.63, 3.8) is 0 Å². The third-order valence-corrected chi connectivity index (χ3v) is 1.70. The van der Waals surface area contributed by atoms with Crippen LogP contribution in [-0.2, 0) is 0 Å². The smallest absolute Gasteiger partial charge is 0.185 e.